The van der Waals surface area contributed by atoms with E-state index in [-0.39, 0.29) is 17.5 Å². The van der Waals surface area contributed by atoms with Crippen molar-refractivity contribution in [2.45, 2.75) is 69.7 Å². The lowest BCUT2D eigenvalue weighted by atomic mass is 9.90. The van der Waals surface area contributed by atoms with Gasteiger partial charge in [-0.15, -0.1) is 11.3 Å². The number of thiophene rings is 1. The van der Waals surface area contributed by atoms with Crippen LogP contribution in [0, 0.1) is 0 Å². The highest BCUT2D eigenvalue weighted by molar-refractivity contribution is 7.91. The fourth-order valence-corrected chi connectivity index (χ4v) is 9.20. The Morgan fingerprint density at radius 1 is 0.950 bits per heavy atom. The van der Waals surface area contributed by atoms with Crippen molar-refractivity contribution in [2.75, 3.05) is 55.0 Å². The number of nitrogens with one attached hydrogen (secondary N) is 2. The van der Waals surface area contributed by atoms with E-state index in [1.807, 2.05) is 10.9 Å². The fourth-order valence-electron chi connectivity index (χ4n) is 6.58. The molecule has 4 aliphatic rings. The number of sulfone groups is 1. The fraction of sp³-hybridized carbons (Fsp3) is 0.667. The third-order valence-corrected chi connectivity index (χ3v) is 11.6. The van der Waals surface area contributed by atoms with E-state index in [1.165, 1.54) is 23.3 Å². The summed E-state index contributed by atoms with van der Waals surface area (Å²) in [4.78, 5) is 14.7. The standard InChI is InChI=1S/C27H37N7O4S2/c35-40(36)13-6-21(7-14-40)34-16-19(15-28-34)30-27-31-25(24-22-5-10-38-17-23(22)39-26(24)32-27)29-18-1-3-20(4-2-18)33-8-11-37-12-9-33/h15-16,18,20-21H,1-14,17H2,(H2,29,30,31,32)/t18-,20-. The molecule has 11 nitrogen and oxygen atoms in total. The number of hydrogen-bond acceptors (Lipinski definition) is 11. The van der Waals surface area contributed by atoms with E-state index >= 15 is 0 Å². The molecule has 7 rings (SSSR count). The van der Waals surface area contributed by atoms with Crippen molar-refractivity contribution >= 4 is 48.8 Å². The van der Waals surface area contributed by atoms with E-state index in [1.54, 1.807) is 17.5 Å². The Labute approximate surface area is 238 Å². The maximum atomic E-state index is 11.8. The lowest BCUT2D eigenvalue weighted by molar-refractivity contribution is 0.00791. The summed E-state index contributed by atoms with van der Waals surface area (Å²) >= 11 is 1.70. The molecule has 0 bridgehead atoms. The Hall–Kier alpha value is -2.32. The third-order valence-electron chi connectivity index (χ3n) is 8.82. The van der Waals surface area contributed by atoms with E-state index in [4.69, 9.17) is 19.4 Å². The first-order valence-corrected chi connectivity index (χ1v) is 17.1. The second kappa shape index (κ2) is 11.2. The molecule has 3 aliphatic heterocycles. The number of morpholine rings is 1. The monoisotopic (exact) mass is 587 g/mol. The molecule has 1 saturated carbocycles. The van der Waals surface area contributed by atoms with Gasteiger partial charge in [-0.2, -0.15) is 10.1 Å². The highest BCUT2D eigenvalue weighted by Crippen LogP contribution is 2.39. The molecule has 3 aromatic rings. The van der Waals surface area contributed by atoms with Crippen LogP contribution in [-0.4, -0.2) is 89.6 Å². The minimum Gasteiger partial charge on any atom is -0.379 e. The molecule has 1 aliphatic carbocycles. The van der Waals surface area contributed by atoms with E-state index in [9.17, 15) is 8.42 Å². The van der Waals surface area contributed by atoms with Crippen LogP contribution in [0.4, 0.5) is 17.5 Å². The van der Waals surface area contributed by atoms with Crippen molar-refractivity contribution in [3.05, 3.63) is 22.8 Å². The van der Waals surface area contributed by atoms with E-state index in [0.717, 1.165) is 73.9 Å². The summed E-state index contributed by atoms with van der Waals surface area (Å²) in [5.74, 6) is 1.89. The normalized spacial score (nSPS) is 26.0. The molecule has 13 heteroatoms. The average molecular weight is 588 g/mol. The molecule has 0 radical (unpaired) electrons. The molecule has 3 fully saturated rings. The Morgan fingerprint density at radius 3 is 2.55 bits per heavy atom. The molecule has 0 unspecified atom stereocenters. The number of nitrogens with zero attached hydrogens (tertiary/aromatic N) is 5. The SMILES string of the molecule is O=S1(=O)CCC(n2cc(Nc3nc(N[C@H]4CC[C@H](N5CCOCC5)CC4)c4c5c(sc4n3)COCC5)cn2)CC1. The van der Waals surface area contributed by atoms with Crippen LogP contribution in [0.25, 0.3) is 10.2 Å². The Balaban J connectivity index is 1.10. The zero-order valence-electron chi connectivity index (χ0n) is 22.7. The minimum absolute atomic E-state index is 0.0938. The van der Waals surface area contributed by atoms with Crippen LogP contribution >= 0.6 is 11.3 Å². The van der Waals surface area contributed by atoms with E-state index in [2.05, 4.69) is 20.6 Å². The molecular weight excluding hydrogens is 550 g/mol. The summed E-state index contributed by atoms with van der Waals surface area (Å²) in [6.07, 6.45) is 10.4. The quantitative estimate of drug-likeness (QED) is 0.443. The summed E-state index contributed by atoms with van der Waals surface area (Å²) < 4.78 is 36.9. The maximum absolute atomic E-state index is 11.8. The van der Waals surface area contributed by atoms with Crippen LogP contribution in [-0.2, 0) is 32.3 Å². The zero-order valence-corrected chi connectivity index (χ0v) is 24.3. The highest BCUT2D eigenvalue weighted by atomic mass is 32.2. The summed E-state index contributed by atoms with van der Waals surface area (Å²) in [7, 11) is -2.91. The van der Waals surface area contributed by atoms with Crippen molar-refractivity contribution in [1.82, 2.24) is 24.6 Å². The minimum atomic E-state index is -2.91. The van der Waals surface area contributed by atoms with Gasteiger partial charge in [0, 0.05) is 36.2 Å². The van der Waals surface area contributed by atoms with Gasteiger partial charge in [0.15, 0.2) is 0 Å². The number of aromatic nitrogens is 4. The molecule has 2 N–H and O–H groups in total. The van der Waals surface area contributed by atoms with Gasteiger partial charge in [0.1, 0.15) is 20.5 Å². The van der Waals surface area contributed by atoms with Crippen LogP contribution in [0.1, 0.15) is 55.0 Å². The third kappa shape index (κ3) is 5.58. The first-order chi connectivity index (χ1) is 19.5. The van der Waals surface area contributed by atoms with Crippen LogP contribution in [0.2, 0.25) is 0 Å². The van der Waals surface area contributed by atoms with Gasteiger partial charge in [-0.05, 0) is 50.5 Å². The van der Waals surface area contributed by atoms with Crippen LogP contribution in [0.15, 0.2) is 12.4 Å². The predicted octanol–water partition coefficient (Wildman–Crippen LogP) is 3.51. The Morgan fingerprint density at radius 2 is 1.75 bits per heavy atom. The topological polar surface area (TPSA) is 124 Å². The van der Waals surface area contributed by atoms with Crippen molar-refractivity contribution in [2.24, 2.45) is 0 Å². The first-order valence-electron chi connectivity index (χ1n) is 14.5. The lowest BCUT2D eigenvalue weighted by Crippen LogP contribution is -2.46. The summed E-state index contributed by atoms with van der Waals surface area (Å²) in [5, 5.41) is 12.9. The number of anilines is 3. The van der Waals surface area contributed by atoms with Crippen LogP contribution in [0.5, 0.6) is 0 Å². The molecule has 216 valence electrons. The smallest absolute Gasteiger partial charge is 0.230 e. The second-order valence-corrected chi connectivity index (χ2v) is 14.8. The number of hydrogen-bond donors (Lipinski definition) is 2. The number of rotatable bonds is 6. The Bertz CT molecular complexity index is 1440. The molecule has 6 heterocycles. The van der Waals surface area contributed by atoms with Gasteiger partial charge >= 0.3 is 0 Å². The van der Waals surface area contributed by atoms with Crippen molar-refractivity contribution in [3.8, 4) is 0 Å². The molecule has 0 aromatic carbocycles. The average Bonchev–Trinajstić information content (AvgIpc) is 3.58. The zero-order chi connectivity index (χ0) is 27.1. The molecule has 3 aromatic heterocycles. The molecule has 0 amide bonds. The van der Waals surface area contributed by atoms with Gasteiger partial charge in [-0.25, -0.2) is 13.4 Å². The van der Waals surface area contributed by atoms with Crippen molar-refractivity contribution in [1.29, 1.82) is 0 Å². The first kappa shape index (κ1) is 26.6. The van der Waals surface area contributed by atoms with Gasteiger partial charge in [0.2, 0.25) is 5.95 Å². The predicted molar refractivity (Wildman–Crippen MR) is 155 cm³/mol. The van der Waals surface area contributed by atoms with E-state index < -0.39 is 9.84 Å². The summed E-state index contributed by atoms with van der Waals surface area (Å²) in [5.41, 5.74) is 2.12. The van der Waals surface area contributed by atoms with Crippen LogP contribution < -0.4 is 10.6 Å². The number of fused-ring (bicyclic) bond motifs is 3. The van der Waals surface area contributed by atoms with Gasteiger partial charge < -0.3 is 20.1 Å². The molecule has 2 saturated heterocycles. The van der Waals surface area contributed by atoms with Crippen molar-refractivity contribution in [3.63, 3.8) is 0 Å². The number of ether oxygens (including phenoxy) is 2. The summed E-state index contributed by atoms with van der Waals surface area (Å²) in [6.45, 7) is 5.15. The maximum Gasteiger partial charge on any atom is 0.230 e. The summed E-state index contributed by atoms with van der Waals surface area (Å²) in [6, 6.07) is 1.12. The van der Waals surface area contributed by atoms with Gasteiger partial charge in [0.25, 0.3) is 0 Å². The molecule has 0 atom stereocenters. The molecule has 40 heavy (non-hydrogen) atoms. The second-order valence-electron chi connectivity index (χ2n) is 11.4. The van der Waals surface area contributed by atoms with Crippen LogP contribution in [0.3, 0.4) is 0 Å². The molecular formula is C27H37N7O4S2. The lowest BCUT2D eigenvalue weighted by Gasteiger charge is -2.39. The van der Waals surface area contributed by atoms with Gasteiger partial charge in [-0.1, -0.05) is 0 Å². The highest BCUT2D eigenvalue weighted by Gasteiger charge is 2.29. The Kier molecular flexibility index (Phi) is 7.41. The van der Waals surface area contributed by atoms with E-state index in [0.29, 0.717) is 37.5 Å². The largest absolute Gasteiger partial charge is 0.379 e. The van der Waals surface area contributed by atoms with Gasteiger partial charge in [0.05, 0.1) is 61.2 Å². The van der Waals surface area contributed by atoms with Gasteiger partial charge in [-0.3, -0.25) is 9.58 Å². The van der Waals surface area contributed by atoms with Crippen molar-refractivity contribution < 1.29 is 17.9 Å². The molecule has 0 spiro atoms.